The Labute approximate surface area is 187 Å². The quantitative estimate of drug-likeness (QED) is 0.261. The van der Waals surface area contributed by atoms with Gasteiger partial charge in [-0.1, -0.05) is 23.8 Å². The molecule has 2 amide bonds. The van der Waals surface area contributed by atoms with Gasteiger partial charge in [-0.15, -0.1) is 0 Å². The molecular weight excluding hydrogens is 476 g/mol. The van der Waals surface area contributed by atoms with Crippen LogP contribution >= 0.6 is 27.5 Å². The van der Waals surface area contributed by atoms with Crippen LogP contribution in [0.4, 0.5) is 0 Å². The van der Waals surface area contributed by atoms with E-state index >= 15 is 0 Å². The second-order valence-corrected chi connectivity index (χ2v) is 9.14. The molecule has 2 aliphatic carbocycles. The van der Waals surface area contributed by atoms with Crippen LogP contribution < -0.4 is 4.74 Å². The lowest BCUT2D eigenvalue weighted by Crippen LogP contribution is -2.28. The van der Waals surface area contributed by atoms with Crippen LogP contribution in [0.15, 0.2) is 33.9 Å². The van der Waals surface area contributed by atoms with Gasteiger partial charge in [-0.05, 0) is 65.7 Å². The monoisotopic (exact) mass is 494 g/mol. The number of carbonyl (C=O) groups is 3. The lowest BCUT2D eigenvalue weighted by atomic mass is 9.85. The van der Waals surface area contributed by atoms with E-state index in [4.69, 9.17) is 21.1 Å². The van der Waals surface area contributed by atoms with Crippen molar-refractivity contribution in [1.82, 2.24) is 5.01 Å². The van der Waals surface area contributed by atoms with Crippen molar-refractivity contribution >= 4 is 51.5 Å². The van der Waals surface area contributed by atoms with Gasteiger partial charge in [0.1, 0.15) is 0 Å². The fraction of sp³-hybridized carbons (Fsp3) is 0.429. The van der Waals surface area contributed by atoms with E-state index in [0.717, 1.165) is 11.4 Å². The molecule has 0 spiro atoms. The average molecular weight is 496 g/mol. The molecule has 2 fully saturated rings. The van der Waals surface area contributed by atoms with E-state index in [1.54, 1.807) is 26.0 Å². The van der Waals surface area contributed by atoms with Gasteiger partial charge in [0, 0.05) is 0 Å². The predicted octanol–water partition coefficient (Wildman–Crippen LogP) is 3.57. The van der Waals surface area contributed by atoms with Crippen LogP contribution in [0, 0.1) is 23.7 Å². The van der Waals surface area contributed by atoms with Gasteiger partial charge in [0.25, 0.3) is 11.8 Å². The highest BCUT2D eigenvalue weighted by Gasteiger charge is 2.59. The van der Waals surface area contributed by atoms with Gasteiger partial charge in [0.05, 0.1) is 33.6 Å². The Morgan fingerprint density at radius 1 is 1.27 bits per heavy atom. The van der Waals surface area contributed by atoms with Gasteiger partial charge in [0.15, 0.2) is 12.4 Å². The number of benzene rings is 1. The first-order valence-corrected chi connectivity index (χ1v) is 10.8. The number of rotatable bonds is 6. The third kappa shape index (κ3) is 3.78. The summed E-state index contributed by atoms with van der Waals surface area (Å²) < 4.78 is 11.0. The summed E-state index contributed by atoms with van der Waals surface area (Å²) in [6, 6.07) is 3.26. The number of carbonyl (C=O) groups excluding carboxylic acids is 3. The summed E-state index contributed by atoms with van der Waals surface area (Å²) in [5, 5.41) is 5.37. The maximum atomic E-state index is 12.7. The number of hydrogen-bond acceptors (Lipinski definition) is 6. The third-order valence-electron chi connectivity index (χ3n) is 5.49. The molecule has 1 saturated carbocycles. The van der Waals surface area contributed by atoms with Crippen LogP contribution in [-0.2, 0) is 19.1 Å². The van der Waals surface area contributed by atoms with Gasteiger partial charge in [-0.25, -0.2) is 4.79 Å². The summed E-state index contributed by atoms with van der Waals surface area (Å²) in [4.78, 5) is 37.0. The van der Waals surface area contributed by atoms with E-state index in [-0.39, 0.29) is 53.2 Å². The molecule has 9 heteroatoms. The van der Waals surface area contributed by atoms with E-state index in [1.807, 2.05) is 12.2 Å². The lowest BCUT2D eigenvalue weighted by molar-refractivity contribution is -0.149. The Balaban J connectivity index is 1.45. The maximum Gasteiger partial charge on any atom is 0.344 e. The minimum atomic E-state index is -0.501. The van der Waals surface area contributed by atoms with Gasteiger partial charge in [0.2, 0.25) is 0 Å². The number of hydrogen-bond donors (Lipinski definition) is 0. The topological polar surface area (TPSA) is 85.3 Å². The van der Waals surface area contributed by atoms with E-state index in [2.05, 4.69) is 21.0 Å². The molecule has 0 radical (unpaired) electrons. The largest absolute Gasteiger partial charge is 0.479 e. The second kappa shape index (κ2) is 8.15. The first-order valence-electron chi connectivity index (χ1n) is 9.67. The van der Waals surface area contributed by atoms with Crippen molar-refractivity contribution in [3.63, 3.8) is 0 Å². The molecule has 7 nitrogen and oxygen atoms in total. The zero-order valence-electron chi connectivity index (χ0n) is 16.4. The molecule has 4 rings (SSSR count). The first kappa shape index (κ1) is 21.1. The molecule has 2 bridgehead atoms. The van der Waals surface area contributed by atoms with Gasteiger partial charge < -0.3 is 9.47 Å². The molecule has 4 atom stereocenters. The van der Waals surface area contributed by atoms with E-state index in [1.165, 1.54) is 6.21 Å². The summed E-state index contributed by atoms with van der Waals surface area (Å²) in [6.07, 6.45) is 6.13. The zero-order chi connectivity index (χ0) is 21.6. The number of nitrogens with zero attached hydrogens (tertiary/aromatic N) is 2. The molecule has 4 unspecified atom stereocenters. The normalized spacial score (nSPS) is 26.9. The van der Waals surface area contributed by atoms with Crippen molar-refractivity contribution in [2.45, 2.75) is 26.4 Å². The summed E-state index contributed by atoms with van der Waals surface area (Å²) in [5.74, 6) is -1.00. The lowest BCUT2D eigenvalue weighted by Gasteiger charge is -2.13. The van der Waals surface area contributed by atoms with Crippen LogP contribution in [0.1, 0.15) is 25.8 Å². The summed E-state index contributed by atoms with van der Waals surface area (Å²) in [5.41, 5.74) is 0.572. The van der Waals surface area contributed by atoms with Crippen molar-refractivity contribution in [2.24, 2.45) is 28.8 Å². The maximum absolute atomic E-state index is 12.7. The predicted molar refractivity (Wildman–Crippen MR) is 113 cm³/mol. The van der Waals surface area contributed by atoms with Crippen molar-refractivity contribution in [2.75, 3.05) is 6.61 Å². The smallest absolute Gasteiger partial charge is 0.344 e. The highest BCUT2D eigenvalue weighted by atomic mass is 79.9. The highest BCUT2D eigenvalue weighted by Crippen LogP contribution is 2.52. The molecule has 30 heavy (non-hydrogen) atoms. The molecule has 158 valence electrons. The van der Waals surface area contributed by atoms with Gasteiger partial charge in [-0.3, -0.25) is 9.59 Å². The van der Waals surface area contributed by atoms with Crippen molar-refractivity contribution in [3.05, 3.63) is 39.3 Å². The standard InChI is InChI=1S/C21H20BrClN2O5/c1-10(2)30-16(26)9-29-19-14(22)5-11(6-15(19)23)8-24-25-20(27)17-12-3-4-13(7-12)18(17)21(25)28/h3-6,8,10,12-13,17-18H,7,9H2,1-2H3. The number of hydrazone groups is 1. The Kier molecular flexibility index (Phi) is 5.72. The average Bonchev–Trinajstić information content (AvgIpc) is 3.33. The SMILES string of the molecule is CC(C)OC(=O)COc1c(Cl)cc(C=NN2C(=O)C3C4C=CC(C4)C3C2=O)cc1Br. The van der Waals surface area contributed by atoms with Crippen LogP contribution in [0.3, 0.4) is 0 Å². The van der Waals surface area contributed by atoms with E-state index in [9.17, 15) is 14.4 Å². The molecule has 1 aromatic rings. The molecule has 0 aromatic heterocycles. The summed E-state index contributed by atoms with van der Waals surface area (Å²) in [7, 11) is 0. The second-order valence-electron chi connectivity index (χ2n) is 7.87. The van der Waals surface area contributed by atoms with Crippen LogP contribution in [0.5, 0.6) is 5.75 Å². The van der Waals surface area contributed by atoms with Crippen LogP contribution in [-0.4, -0.2) is 41.7 Å². The molecule has 1 aromatic carbocycles. The number of amides is 2. The number of fused-ring (bicyclic) bond motifs is 5. The van der Waals surface area contributed by atoms with Crippen molar-refractivity contribution in [3.8, 4) is 5.75 Å². The fourth-order valence-corrected chi connectivity index (χ4v) is 5.33. The number of allylic oxidation sites excluding steroid dienone is 2. The van der Waals surface area contributed by atoms with Crippen molar-refractivity contribution in [1.29, 1.82) is 0 Å². The molecule has 1 aliphatic heterocycles. The van der Waals surface area contributed by atoms with E-state index < -0.39 is 5.97 Å². The first-order chi connectivity index (χ1) is 14.3. The Bertz CT molecular complexity index is 923. The Morgan fingerprint density at radius 3 is 2.47 bits per heavy atom. The summed E-state index contributed by atoms with van der Waals surface area (Å²) in [6.45, 7) is 3.22. The highest BCUT2D eigenvalue weighted by molar-refractivity contribution is 9.10. The summed E-state index contributed by atoms with van der Waals surface area (Å²) >= 11 is 9.64. The minimum Gasteiger partial charge on any atom is -0.479 e. The van der Waals surface area contributed by atoms with Crippen LogP contribution in [0.2, 0.25) is 5.02 Å². The van der Waals surface area contributed by atoms with Gasteiger partial charge in [-0.2, -0.15) is 10.1 Å². The molecule has 1 heterocycles. The third-order valence-corrected chi connectivity index (χ3v) is 6.36. The Morgan fingerprint density at radius 2 is 1.90 bits per heavy atom. The van der Waals surface area contributed by atoms with Crippen LogP contribution in [0.25, 0.3) is 0 Å². The number of ether oxygens (including phenoxy) is 2. The number of halogens is 2. The van der Waals surface area contributed by atoms with Crippen molar-refractivity contribution < 1.29 is 23.9 Å². The molecule has 1 saturated heterocycles. The molecule has 0 N–H and O–H groups in total. The number of esters is 1. The van der Waals surface area contributed by atoms with E-state index in [0.29, 0.717) is 15.8 Å². The fourth-order valence-electron chi connectivity index (χ4n) is 4.34. The van der Waals surface area contributed by atoms with Gasteiger partial charge >= 0.3 is 5.97 Å². The Hall–Kier alpha value is -2.19. The zero-order valence-corrected chi connectivity index (χ0v) is 18.7. The molecular formula is C21H20BrClN2O5. The molecule has 3 aliphatic rings. The number of imide groups is 1. The minimum absolute atomic E-state index is 0.138.